The normalized spacial score (nSPS) is 17.2. The molecule has 1 aromatic rings. The van der Waals surface area contributed by atoms with Gasteiger partial charge in [-0.05, 0) is 25.5 Å². The zero-order valence-electron chi connectivity index (χ0n) is 11.8. The average Bonchev–Trinajstić information content (AvgIpc) is 2.40. The lowest BCUT2D eigenvalue weighted by Crippen LogP contribution is -2.33. The van der Waals surface area contributed by atoms with E-state index in [0.717, 1.165) is 13.0 Å². The fourth-order valence-corrected chi connectivity index (χ4v) is 1.95. The Morgan fingerprint density at radius 3 is 2.85 bits per heavy atom. The summed E-state index contributed by atoms with van der Waals surface area (Å²) in [4.78, 5) is 11.7. The Morgan fingerprint density at radius 1 is 1.55 bits per heavy atom. The molecule has 0 unspecified atom stereocenters. The summed E-state index contributed by atoms with van der Waals surface area (Å²) in [6, 6.07) is 3.26. The Morgan fingerprint density at radius 2 is 2.30 bits per heavy atom. The minimum atomic E-state index is -0.422. The van der Waals surface area contributed by atoms with Crippen molar-refractivity contribution in [3.8, 4) is 5.75 Å². The van der Waals surface area contributed by atoms with E-state index in [4.69, 9.17) is 19.9 Å². The van der Waals surface area contributed by atoms with Crippen molar-refractivity contribution >= 4 is 17.3 Å². The SMILES string of the molecule is CCOc1cc(C(=O)OC)cc(NC[C@@H]2CCO2)c1N. The standard InChI is InChI=1S/C14H20N2O4/c1-3-19-12-7-9(14(17)18-2)6-11(13(12)15)16-8-10-4-5-20-10/h6-7,10,16H,3-5,8,15H2,1-2H3/t10-/m0/s1. The average molecular weight is 280 g/mol. The van der Waals surface area contributed by atoms with Crippen LogP contribution in [0.25, 0.3) is 0 Å². The minimum Gasteiger partial charge on any atom is -0.492 e. The summed E-state index contributed by atoms with van der Waals surface area (Å²) in [6.07, 6.45) is 1.23. The van der Waals surface area contributed by atoms with Crippen molar-refractivity contribution in [1.82, 2.24) is 0 Å². The summed E-state index contributed by atoms with van der Waals surface area (Å²) in [5, 5.41) is 3.20. The first kappa shape index (κ1) is 14.5. The number of nitrogen functional groups attached to an aromatic ring is 1. The van der Waals surface area contributed by atoms with Crippen LogP contribution in [0, 0.1) is 0 Å². The van der Waals surface area contributed by atoms with Crippen molar-refractivity contribution in [2.24, 2.45) is 0 Å². The van der Waals surface area contributed by atoms with Gasteiger partial charge in [0.05, 0.1) is 36.8 Å². The topological polar surface area (TPSA) is 82.8 Å². The van der Waals surface area contributed by atoms with Crippen molar-refractivity contribution in [1.29, 1.82) is 0 Å². The number of hydrogen-bond acceptors (Lipinski definition) is 6. The lowest BCUT2D eigenvalue weighted by Gasteiger charge is -2.27. The first-order chi connectivity index (χ1) is 9.65. The molecule has 1 atom stereocenters. The number of carbonyl (C=O) groups is 1. The molecule has 0 bridgehead atoms. The number of carbonyl (C=O) groups excluding carboxylic acids is 1. The van der Waals surface area contributed by atoms with Crippen molar-refractivity contribution in [3.05, 3.63) is 17.7 Å². The number of anilines is 2. The number of nitrogens with two attached hydrogens (primary N) is 1. The van der Waals surface area contributed by atoms with Gasteiger partial charge in [-0.3, -0.25) is 0 Å². The summed E-state index contributed by atoms with van der Waals surface area (Å²) in [7, 11) is 1.34. The highest BCUT2D eigenvalue weighted by atomic mass is 16.5. The largest absolute Gasteiger partial charge is 0.492 e. The second-order valence-corrected chi connectivity index (χ2v) is 4.52. The van der Waals surface area contributed by atoms with Crippen molar-refractivity contribution in [2.75, 3.05) is 37.9 Å². The number of benzene rings is 1. The highest BCUT2D eigenvalue weighted by Crippen LogP contribution is 2.32. The molecule has 1 aliphatic rings. The van der Waals surface area contributed by atoms with Crippen LogP contribution in [-0.4, -0.2) is 38.9 Å². The molecule has 0 saturated carbocycles. The molecule has 6 heteroatoms. The highest BCUT2D eigenvalue weighted by Gasteiger charge is 2.19. The highest BCUT2D eigenvalue weighted by molar-refractivity contribution is 5.93. The van der Waals surface area contributed by atoms with Gasteiger partial charge in [0.15, 0.2) is 0 Å². The van der Waals surface area contributed by atoms with Gasteiger partial charge >= 0.3 is 5.97 Å². The van der Waals surface area contributed by atoms with Gasteiger partial charge in [0.2, 0.25) is 0 Å². The van der Waals surface area contributed by atoms with Crippen LogP contribution in [0.5, 0.6) is 5.75 Å². The van der Waals surface area contributed by atoms with Gasteiger partial charge in [0.25, 0.3) is 0 Å². The Hall–Kier alpha value is -1.95. The Kier molecular flexibility index (Phi) is 4.68. The third-order valence-corrected chi connectivity index (χ3v) is 3.18. The lowest BCUT2D eigenvalue weighted by atomic mass is 10.1. The molecular weight excluding hydrogens is 260 g/mol. The lowest BCUT2D eigenvalue weighted by molar-refractivity contribution is -0.0410. The number of methoxy groups -OCH3 is 1. The molecule has 0 spiro atoms. The molecule has 2 rings (SSSR count). The van der Waals surface area contributed by atoms with E-state index in [1.807, 2.05) is 6.92 Å². The molecule has 1 aliphatic heterocycles. The fourth-order valence-electron chi connectivity index (χ4n) is 1.95. The zero-order valence-corrected chi connectivity index (χ0v) is 11.8. The maximum absolute atomic E-state index is 11.7. The summed E-state index contributed by atoms with van der Waals surface area (Å²) < 4.78 is 15.5. The monoisotopic (exact) mass is 280 g/mol. The van der Waals surface area contributed by atoms with Gasteiger partial charge in [0, 0.05) is 13.2 Å². The van der Waals surface area contributed by atoms with E-state index >= 15 is 0 Å². The quantitative estimate of drug-likeness (QED) is 0.609. The molecular formula is C14H20N2O4. The maximum Gasteiger partial charge on any atom is 0.338 e. The molecule has 0 aliphatic carbocycles. The van der Waals surface area contributed by atoms with Gasteiger partial charge in [0.1, 0.15) is 5.75 Å². The number of hydrogen-bond donors (Lipinski definition) is 2. The first-order valence-corrected chi connectivity index (χ1v) is 6.65. The number of ether oxygens (including phenoxy) is 3. The van der Waals surface area contributed by atoms with Crippen molar-refractivity contribution in [2.45, 2.75) is 19.4 Å². The Bertz CT molecular complexity index is 486. The molecule has 1 aromatic carbocycles. The van der Waals surface area contributed by atoms with E-state index < -0.39 is 5.97 Å². The molecule has 110 valence electrons. The van der Waals surface area contributed by atoms with Crippen LogP contribution in [-0.2, 0) is 9.47 Å². The van der Waals surface area contributed by atoms with Crippen LogP contribution in [0.2, 0.25) is 0 Å². The molecule has 0 amide bonds. The number of rotatable bonds is 6. The molecule has 20 heavy (non-hydrogen) atoms. The van der Waals surface area contributed by atoms with Crippen LogP contribution in [0.3, 0.4) is 0 Å². The van der Waals surface area contributed by atoms with Gasteiger partial charge in [-0.25, -0.2) is 4.79 Å². The molecule has 1 heterocycles. The maximum atomic E-state index is 11.7. The third-order valence-electron chi connectivity index (χ3n) is 3.18. The smallest absolute Gasteiger partial charge is 0.338 e. The zero-order chi connectivity index (χ0) is 14.5. The summed E-state index contributed by atoms with van der Waals surface area (Å²) >= 11 is 0. The van der Waals surface area contributed by atoms with Crippen molar-refractivity contribution in [3.63, 3.8) is 0 Å². The minimum absolute atomic E-state index is 0.201. The summed E-state index contributed by atoms with van der Waals surface area (Å²) in [5.74, 6) is 0.0568. The molecule has 1 saturated heterocycles. The first-order valence-electron chi connectivity index (χ1n) is 6.65. The fraction of sp³-hybridized carbons (Fsp3) is 0.500. The molecule has 1 fully saturated rings. The van der Waals surface area contributed by atoms with E-state index in [1.54, 1.807) is 12.1 Å². The van der Waals surface area contributed by atoms with Gasteiger partial charge in [-0.2, -0.15) is 0 Å². The Balaban J connectivity index is 2.21. The molecule has 0 aromatic heterocycles. The second kappa shape index (κ2) is 6.47. The van der Waals surface area contributed by atoms with Crippen LogP contribution in [0.4, 0.5) is 11.4 Å². The van der Waals surface area contributed by atoms with Crippen LogP contribution in [0.1, 0.15) is 23.7 Å². The van der Waals surface area contributed by atoms with E-state index in [-0.39, 0.29) is 6.10 Å². The number of nitrogens with one attached hydrogen (secondary N) is 1. The predicted octanol–water partition coefficient (Wildman–Crippen LogP) is 1.65. The van der Waals surface area contributed by atoms with Gasteiger partial charge in [-0.1, -0.05) is 0 Å². The predicted molar refractivity (Wildman–Crippen MR) is 76.2 cm³/mol. The van der Waals surface area contributed by atoms with Gasteiger partial charge in [-0.15, -0.1) is 0 Å². The van der Waals surface area contributed by atoms with Crippen LogP contribution < -0.4 is 15.8 Å². The third kappa shape index (κ3) is 3.14. The van der Waals surface area contributed by atoms with Crippen LogP contribution >= 0.6 is 0 Å². The summed E-state index contributed by atoms with van der Waals surface area (Å²) in [5.41, 5.74) is 7.59. The Labute approximate surface area is 118 Å². The van der Waals surface area contributed by atoms with Crippen LogP contribution in [0.15, 0.2) is 12.1 Å². The van der Waals surface area contributed by atoms with E-state index in [0.29, 0.717) is 35.8 Å². The summed E-state index contributed by atoms with van der Waals surface area (Å²) in [6.45, 7) is 3.79. The number of esters is 1. The van der Waals surface area contributed by atoms with E-state index in [9.17, 15) is 4.79 Å². The molecule has 6 nitrogen and oxygen atoms in total. The molecule has 0 radical (unpaired) electrons. The van der Waals surface area contributed by atoms with E-state index in [2.05, 4.69) is 5.32 Å². The van der Waals surface area contributed by atoms with Crippen molar-refractivity contribution < 1.29 is 19.0 Å². The van der Waals surface area contributed by atoms with Gasteiger partial charge < -0.3 is 25.3 Å². The molecule has 3 N–H and O–H groups in total. The second-order valence-electron chi connectivity index (χ2n) is 4.52. The van der Waals surface area contributed by atoms with E-state index in [1.165, 1.54) is 7.11 Å².